The Morgan fingerprint density at radius 1 is 1.21 bits per heavy atom. The number of carbonyl (C=O) groups excluding carboxylic acids is 2. The van der Waals surface area contributed by atoms with E-state index in [9.17, 15) is 9.59 Å². The van der Waals surface area contributed by atoms with E-state index < -0.39 is 0 Å². The second-order valence-electron chi connectivity index (χ2n) is 6.58. The maximum atomic E-state index is 12.9. The van der Waals surface area contributed by atoms with Gasteiger partial charge in [-0.1, -0.05) is 35.9 Å². The van der Waals surface area contributed by atoms with Crippen molar-refractivity contribution in [3.8, 4) is 6.07 Å². The maximum absolute atomic E-state index is 12.9. The number of nitrogens with zero attached hydrogens (tertiary/aromatic N) is 2. The molecule has 29 heavy (non-hydrogen) atoms. The van der Waals surface area contributed by atoms with Gasteiger partial charge in [-0.3, -0.25) is 9.59 Å². The zero-order chi connectivity index (χ0) is 20.6. The zero-order valence-corrected chi connectivity index (χ0v) is 17.2. The van der Waals surface area contributed by atoms with E-state index in [1.54, 1.807) is 30.3 Å². The Labute approximate surface area is 178 Å². The number of hydrogen-bond donors (Lipinski definition) is 1. The highest BCUT2D eigenvalue weighted by molar-refractivity contribution is 8.00. The number of ether oxygens (including phenoxy) is 1. The summed E-state index contributed by atoms with van der Waals surface area (Å²) in [6, 6.07) is 16.4. The first-order valence-corrected chi connectivity index (χ1v) is 10.4. The van der Waals surface area contributed by atoms with Crippen molar-refractivity contribution in [2.45, 2.75) is 17.5 Å². The normalized spacial score (nSPS) is 13.2. The fraction of sp³-hybridized carbons (Fsp3) is 0.286. The molecular weight excluding hydrogens is 410 g/mol. The van der Waals surface area contributed by atoms with Gasteiger partial charge in [-0.15, -0.1) is 11.8 Å². The monoisotopic (exact) mass is 429 g/mol. The van der Waals surface area contributed by atoms with E-state index >= 15 is 0 Å². The summed E-state index contributed by atoms with van der Waals surface area (Å²) < 4.78 is 5.07. The molecular formula is C21H20ClN3O3S. The lowest BCUT2D eigenvalue weighted by atomic mass is 10.1. The molecule has 2 aromatic carbocycles. The molecule has 0 bridgehead atoms. The van der Waals surface area contributed by atoms with Crippen LogP contribution >= 0.6 is 23.4 Å². The van der Waals surface area contributed by atoms with Crippen LogP contribution in [0.2, 0.25) is 5.02 Å². The van der Waals surface area contributed by atoms with Gasteiger partial charge in [0.05, 0.1) is 48.2 Å². The molecule has 8 heteroatoms. The fourth-order valence-electron chi connectivity index (χ4n) is 2.70. The number of hydrogen-bond acceptors (Lipinski definition) is 5. The van der Waals surface area contributed by atoms with Gasteiger partial charge in [-0.2, -0.15) is 5.26 Å². The van der Waals surface area contributed by atoms with Crippen molar-refractivity contribution in [2.75, 3.05) is 25.5 Å². The topological polar surface area (TPSA) is 82.4 Å². The number of benzene rings is 2. The van der Waals surface area contributed by atoms with Crippen LogP contribution in [0, 0.1) is 11.3 Å². The molecule has 6 nitrogen and oxygen atoms in total. The molecule has 1 fully saturated rings. The second-order valence-corrected chi connectivity index (χ2v) is 8.00. The van der Waals surface area contributed by atoms with Gasteiger partial charge in [0, 0.05) is 11.4 Å². The van der Waals surface area contributed by atoms with E-state index in [2.05, 4.69) is 11.4 Å². The highest BCUT2D eigenvalue weighted by Crippen LogP contribution is 2.26. The minimum Gasteiger partial charge on any atom is -0.377 e. The summed E-state index contributed by atoms with van der Waals surface area (Å²) in [4.78, 5) is 27.5. The standard InChI is InChI=1S/C21H20ClN3O3S/c22-18-3-1-2-4-19(18)29-14-21(27)25(11-20(26)24-17-12-28-13-17)10-16-7-5-15(9-23)6-8-16/h1-8,17H,10-14H2,(H,24,26). The Kier molecular flexibility index (Phi) is 7.53. The predicted molar refractivity (Wildman–Crippen MR) is 111 cm³/mol. The summed E-state index contributed by atoms with van der Waals surface area (Å²) >= 11 is 7.50. The number of nitriles is 1. The van der Waals surface area contributed by atoms with Gasteiger partial charge in [0.15, 0.2) is 0 Å². The number of halogens is 1. The first-order chi connectivity index (χ1) is 14.0. The van der Waals surface area contributed by atoms with Gasteiger partial charge in [0.1, 0.15) is 0 Å². The van der Waals surface area contributed by atoms with Crippen LogP contribution in [0.1, 0.15) is 11.1 Å². The lowest BCUT2D eigenvalue weighted by molar-refractivity contribution is -0.136. The largest absolute Gasteiger partial charge is 0.377 e. The molecule has 2 amide bonds. The van der Waals surface area contributed by atoms with Crippen LogP contribution in [0.5, 0.6) is 0 Å². The summed E-state index contributed by atoms with van der Waals surface area (Å²) in [5.41, 5.74) is 1.39. The number of thioether (sulfide) groups is 1. The summed E-state index contributed by atoms with van der Waals surface area (Å²) in [5, 5.41) is 12.4. The lowest BCUT2D eigenvalue weighted by Crippen LogP contribution is -2.51. The molecule has 3 rings (SSSR count). The molecule has 0 radical (unpaired) electrons. The Balaban J connectivity index is 1.66. The third-order valence-electron chi connectivity index (χ3n) is 4.33. The van der Waals surface area contributed by atoms with Gasteiger partial charge in [-0.25, -0.2) is 0 Å². The van der Waals surface area contributed by atoms with Gasteiger partial charge in [0.2, 0.25) is 11.8 Å². The van der Waals surface area contributed by atoms with E-state index in [4.69, 9.17) is 21.6 Å². The van der Waals surface area contributed by atoms with E-state index in [0.29, 0.717) is 23.8 Å². The van der Waals surface area contributed by atoms with Gasteiger partial charge < -0.3 is 15.0 Å². The van der Waals surface area contributed by atoms with E-state index in [0.717, 1.165) is 10.5 Å². The zero-order valence-electron chi connectivity index (χ0n) is 15.6. The van der Waals surface area contributed by atoms with Crippen molar-refractivity contribution < 1.29 is 14.3 Å². The molecule has 1 aliphatic rings. The average Bonchev–Trinajstić information content (AvgIpc) is 2.70. The van der Waals surface area contributed by atoms with Crippen molar-refractivity contribution in [1.29, 1.82) is 5.26 Å². The van der Waals surface area contributed by atoms with Crippen molar-refractivity contribution in [3.63, 3.8) is 0 Å². The Morgan fingerprint density at radius 2 is 1.93 bits per heavy atom. The fourth-order valence-corrected chi connectivity index (χ4v) is 3.84. The average molecular weight is 430 g/mol. The number of rotatable bonds is 8. The minimum absolute atomic E-state index is 0.00636. The Morgan fingerprint density at radius 3 is 2.55 bits per heavy atom. The molecule has 0 unspecified atom stereocenters. The summed E-state index contributed by atoms with van der Waals surface area (Å²) in [6.45, 7) is 1.23. The minimum atomic E-state index is -0.219. The molecule has 0 aromatic heterocycles. The first kappa shape index (κ1) is 21.2. The van der Waals surface area contributed by atoms with Crippen LogP contribution in [0.25, 0.3) is 0 Å². The SMILES string of the molecule is N#Cc1ccc(CN(CC(=O)NC2COC2)C(=O)CSc2ccccc2Cl)cc1. The van der Waals surface area contributed by atoms with Gasteiger partial charge >= 0.3 is 0 Å². The molecule has 1 N–H and O–H groups in total. The first-order valence-electron chi connectivity index (χ1n) is 9.06. The third-order valence-corrected chi connectivity index (χ3v) is 5.83. The van der Waals surface area contributed by atoms with E-state index in [-0.39, 0.29) is 36.7 Å². The highest BCUT2D eigenvalue weighted by atomic mass is 35.5. The molecule has 0 atom stereocenters. The smallest absolute Gasteiger partial charge is 0.240 e. The summed E-state index contributed by atoms with van der Waals surface area (Å²) in [6.07, 6.45) is 0. The molecule has 1 heterocycles. The van der Waals surface area contributed by atoms with Crippen molar-refractivity contribution in [2.24, 2.45) is 0 Å². The molecule has 0 aliphatic carbocycles. The van der Waals surface area contributed by atoms with Crippen molar-refractivity contribution >= 4 is 35.2 Å². The Hall–Kier alpha value is -2.53. The van der Waals surface area contributed by atoms with Crippen LogP contribution in [0.15, 0.2) is 53.4 Å². The van der Waals surface area contributed by atoms with Crippen molar-refractivity contribution in [1.82, 2.24) is 10.2 Å². The summed E-state index contributed by atoms with van der Waals surface area (Å²) in [7, 11) is 0. The highest BCUT2D eigenvalue weighted by Gasteiger charge is 2.23. The summed E-state index contributed by atoms with van der Waals surface area (Å²) in [5.74, 6) is -0.220. The molecule has 150 valence electrons. The molecule has 1 saturated heterocycles. The van der Waals surface area contributed by atoms with Gasteiger partial charge in [-0.05, 0) is 29.8 Å². The number of nitrogens with one attached hydrogen (secondary N) is 1. The van der Waals surface area contributed by atoms with Gasteiger partial charge in [0.25, 0.3) is 0 Å². The van der Waals surface area contributed by atoms with Crippen molar-refractivity contribution in [3.05, 3.63) is 64.7 Å². The number of carbonyl (C=O) groups is 2. The van der Waals surface area contributed by atoms with Crippen LogP contribution in [0.4, 0.5) is 0 Å². The predicted octanol–water partition coefficient (Wildman–Crippen LogP) is 2.85. The second kappa shape index (κ2) is 10.3. The van der Waals surface area contributed by atoms with Crippen LogP contribution in [0.3, 0.4) is 0 Å². The molecule has 2 aromatic rings. The molecule has 0 spiro atoms. The third kappa shape index (κ3) is 6.23. The van der Waals surface area contributed by atoms with E-state index in [1.807, 2.05) is 18.2 Å². The lowest BCUT2D eigenvalue weighted by Gasteiger charge is -2.29. The van der Waals surface area contributed by atoms with Crippen LogP contribution < -0.4 is 5.32 Å². The Bertz CT molecular complexity index is 910. The molecule has 1 aliphatic heterocycles. The van der Waals surface area contributed by atoms with Crippen LogP contribution in [-0.4, -0.2) is 48.3 Å². The number of amides is 2. The van der Waals surface area contributed by atoms with E-state index in [1.165, 1.54) is 16.7 Å². The quantitative estimate of drug-likeness (QED) is 0.652. The van der Waals surface area contributed by atoms with Crippen LogP contribution in [-0.2, 0) is 20.9 Å². The molecule has 0 saturated carbocycles. The maximum Gasteiger partial charge on any atom is 0.240 e.